The highest BCUT2D eigenvalue weighted by atomic mass is 32.2. The van der Waals surface area contributed by atoms with E-state index in [-0.39, 0.29) is 10.9 Å². The first-order chi connectivity index (χ1) is 11.0. The van der Waals surface area contributed by atoms with Gasteiger partial charge in [-0.15, -0.1) is 0 Å². The second-order valence-electron chi connectivity index (χ2n) is 4.78. The van der Waals surface area contributed by atoms with Gasteiger partial charge in [0.15, 0.2) is 0 Å². The highest BCUT2D eigenvalue weighted by Gasteiger charge is 2.16. The molecule has 0 amide bonds. The number of fused-ring (bicyclic) bond motifs is 1. The Morgan fingerprint density at radius 2 is 1.96 bits per heavy atom. The Bertz CT molecular complexity index is 935. The van der Waals surface area contributed by atoms with E-state index in [0.717, 1.165) is 17.7 Å². The number of hydrogen-bond donors (Lipinski definition) is 1. The molecular formula is C14H15N5O3S. The summed E-state index contributed by atoms with van der Waals surface area (Å²) in [4.78, 5) is 12.0. The summed E-state index contributed by atoms with van der Waals surface area (Å²) >= 11 is 0. The number of nitrogens with one attached hydrogen (secondary N) is 1. The molecule has 2 aromatic heterocycles. The number of imidazole rings is 1. The van der Waals surface area contributed by atoms with Crippen LogP contribution >= 0.6 is 0 Å². The van der Waals surface area contributed by atoms with E-state index in [4.69, 9.17) is 4.74 Å². The van der Waals surface area contributed by atoms with Gasteiger partial charge in [0.25, 0.3) is 5.16 Å². The maximum Gasteiger partial charge on any atom is 0.253 e. The number of rotatable bonds is 5. The van der Waals surface area contributed by atoms with Crippen LogP contribution < -0.4 is 10.1 Å². The average Bonchev–Trinajstić information content (AvgIpc) is 2.97. The van der Waals surface area contributed by atoms with Crippen molar-refractivity contribution >= 4 is 27.3 Å². The average molecular weight is 333 g/mol. The van der Waals surface area contributed by atoms with Gasteiger partial charge in [0.2, 0.25) is 21.6 Å². The molecule has 23 heavy (non-hydrogen) atoms. The Morgan fingerprint density at radius 1 is 1.22 bits per heavy atom. The number of hydrogen-bond acceptors (Lipinski definition) is 7. The third kappa shape index (κ3) is 3.24. The molecule has 120 valence electrons. The van der Waals surface area contributed by atoms with Gasteiger partial charge in [-0.1, -0.05) is 0 Å². The van der Waals surface area contributed by atoms with Crippen LogP contribution in [0, 0.1) is 0 Å². The van der Waals surface area contributed by atoms with E-state index in [9.17, 15) is 8.42 Å². The van der Waals surface area contributed by atoms with Gasteiger partial charge in [0.05, 0.1) is 6.61 Å². The molecule has 1 N–H and O–H groups in total. The maximum absolute atomic E-state index is 11.7. The fourth-order valence-electron chi connectivity index (χ4n) is 1.98. The van der Waals surface area contributed by atoms with Crippen LogP contribution in [0.2, 0.25) is 0 Å². The van der Waals surface area contributed by atoms with Crippen LogP contribution in [-0.2, 0) is 9.84 Å². The fraction of sp³-hybridized carbons (Fsp3) is 0.214. The van der Waals surface area contributed by atoms with E-state index in [1.54, 1.807) is 10.6 Å². The summed E-state index contributed by atoms with van der Waals surface area (Å²) in [5.74, 6) is 1.33. The Hall–Kier alpha value is -2.68. The number of aromatic nitrogens is 4. The smallest absolute Gasteiger partial charge is 0.253 e. The number of anilines is 2. The van der Waals surface area contributed by atoms with Crippen molar-refractivity contribution in [3.05, 3.63) is 36.7 Å². The summed E-state index contributed by atoms with van der Waals surface area (Å²) in [5, 5.41) is 2.79. The SMILES string of the molecule is CCOc1ccc(Nc2nc(S(C)(=O)=O)nc3nccn23)cc1. The Labute approximate surface area is 133 Å². The van der Waals surface area contributed by atoms with Crippen molar-refractivity contribution in [2.45, 2.75) is 12.1 Å². The zero-order valence-electron chi connectivity index (χ0n) is 12.6. The van der Waals surface area contributed by atoms with Gasteiger partial charge in [0.1, 0.15) is 5.75 Å². The molecule has 0 bridgehead atoms. The van der Waals surface area contributed by atoms with Gasteiger partial charge in [-0.25, -0.2) is 13.4 Å². The molecule has 0 atom stereocenters. The monoisotopic (exact) mass is 333 g/mol. The molecule has 1 aromatic carbocycles. The highest BCUT2D eigenvalue weighted by Crippen LogP contribution is 2.20. The van der Waals surface area contributed by atoms with Gasteiger partial charge in [-0.3, -0.25) is 4.40 Å². The van der Waals surface area contributed by atoms with Gasteiger partial charge in [0, 0.05) is 24.3 Å². The minimum absolute atomic E-state index is 0.258. The highest BCUT2D eigenvalue weighted by molar-refractivity contribution is 7.90. The summed E-state index contributed by atoms with van der Waals surface area (Å²) < 4.78 is 30.4. The van der Waals surface area contributed by atoms with Crippen LogP contribution in [0.4, 0.5) is 11.6 Å². The van der Waals surface area contributed by atoms with E-state index < -0.39 is 9.84 Å². The number of ether oxygens (including phenoxy) is 1. The van der Waals surface area contributed by atoms with Crippen molar-refractivity contribution in [1.29, 1.82) is 0 Å². The molecule has 0 unspecified atom stereocenters. The topological polar surface area (TPSA) is 98.5 Å². The largest absolute Gasteiger partial charge is 0.494 e. The van der Waals surface area contributed by atoms with Crippen LogP contribution in [0.5, 0.6) is 5.75 Å². The molecule has 3 aromatic rings. The molecule has 8 nitrogen and oxygen atoms in total. The lowest BCUT2D eigenvalue weighted by atomic mass is 10.3. The molecule has 2 heterocycles. The molecule has 0 saturated heterocycles. The molecule has 0 aliphatic heterocycles. The predicted molar refractivity (Wildman–Crippen MR) is 84.8 cm³/mol. The van der Waals surface area contributed by atoms with Crippen molar-refractivity contribution < 1.29 is 13.2 Å². The van der Waals surface area contributed by atoms with Crippen molar-refractivity contribution in [3.63, 3.8) is 0 Å². The first-order valence-electron chi connectivity index (χ1n) is 6.88. The summed E-state index contributed by atoms with van der Waals surface area (Å²) in [7, 11) is -3.54. The Morgan fingerprint density at radius 3 is 2.61 bits per heavy atom. The lowest BCUT2D eigenvalue weighted by Gasteiger charge is -2.10. The zero-order valence-corrected chi connectivity index (χ0v) is 13.4. The van der Waals surface area contributed by atoms with Crippen molar-refractivity contribution in [2.75, 3.05) is 18.2 Å². The van der Waals surface area contributed by atoms with Crippen molar-refractivity contribution in [1.82, 2.24) is 19.4 Å². The van der Waals surface area contributed by atoms with Crippen molar-refractivity contribution in [2.24, 2.45) is 0 Å². The van der Waals surface area contributed by atoms with E-state index in [1.165, 1.54) is 6.20 Å². The van der Waals surface area contributed by atoms with E-state index in [1.807, 2.05) is 31.2 Å². The molecule has 3 rings (SSSR count). The molecule has 0 radical (unpaired) electrons. The molecular weight excluding hydrogens is 318 g/mol. The number of sulfone groups is 1. The first kappa shape index (κ1) is 15.2. The lowest BCUT2D eigenvalue weighted by molar-refractivity contribution is 0.340. The number of benzene rings is 1. The third-order valence-electron chi connectivity index (χ3n) is 3.00. The van der Waals surface area contributed by atoms with E-state index in [0.29, 0.717) is 12.6 Å². The first-order valence-corrected chi connectivity index (χ1v) is 8.77. The lowest BCUT2D eigenvalue weighted by Crippen LogP contribution is -2.10. The van der Waals surface area contributed by atoms with Crippen LogP contribution in [0.1, 0.15) is 6.92 Å². The second kappa shape index (κ2) is 5.84. The maximum atomic E-state index is 11.7. The Balaban J connectivity index is 2.00. The van der Waals surface area contributed by atoms with Crippen LogP contribution in [0.15, 0.2) is 41.8 Å². The van der Waals surface area contributed by atoms with Crippen molar-refractivity contribution in [3.8, 4) is 5.75 Å². The molecule has 0 spiro atoms. The zero-order chi connectivity index (χ0) is 16.4. The van der Waals surface area contributed by atoms with Crippen LogP contribution in [0.25, 0.3) is 5.78 Å². The summed E-state index contributed by atoms with van der Waals surface area (Å²) in [6, 6.07) is 7.26. The predicted octanol–water partition coefficient (Wildman–Crippen LogP) is 1.67. The Kier molecular flexibility index (Phi) is 3.87. The summed E-state index contributed by atoms with van der Waals surface area (Å²) in [6.45, 7) is 2.50. The molecule has 0 saturated carbocycles. The fourth-order valence-corrected chi connectivity index (χ4v) is 2.48. The summed E-state index contributed by atoms with van der Waals surface area (Å²) in [6.07, 6.45) is 4.24. The molecule has 0 aliphatic rings. The van der Waals surface area contributed by atoms with Crippen LogP contribution in [-0.4, -0.2) is 40.6 Å². The minimum atomic E-state index is -3.54. The number of nitrogens with zero attached hydrogens (tertiary/aromatic N) is 4. The molecule has 9 heteroatoms. The quantitative estimate of drug-likeness (QED) is 0.758. The van der Waals surface area contributed by atoms with Crippen LogP contribution in [0.3, 0.4) is 0 Å². The summed E-state index contributed by atoms with van der Waals surface area (Å²) in [5.41, 5.74) is 0.738. The van der Waals surface area contributed by atoms with E-state index in [2.05, 4.69) is 20.3 Å². The second-order valence-corrected chi connectivity index (χ2v) is 6.69. The van der Waals surface area contributed by atoms with Gasteiger partial charge >= 0.3 is 0 Å². The normalized spacial score (nSPS) is 11.6. The van der Waals surface area contributed by atoms with Gasteiger partial charge in [-0.2, -0.15) is 9.97 Å². The van der Waals surface area contributed by atoms with Gasteiger partial charge < -0.3 is 10.1 Å². The van der Waals surface area contributed by atoms with E-state index >= 15 is 0 Å². The minimum Gasteiger partial charge on any atom is -0.494 e. The van der Waals surface area contributed by atoms with Gasteiger partial charge in [-0.05, 0) is 31.2 Å². The molecule has 0 aliphatic carbocycles. The standard InChI is InChI=1S/C14H15N5O3S/c1-3-22-11-6-4-10(5-7-11)16-13-18-14(23(2,20)21)17-12-15-8-9-19(12)13/h4-9H,3H2,1-2H3,(H,15,16,17,18). The third-order valence-corrected chi connectivity index (χ3v) is 3.85. The molecule has 0 fully saturated rings.